The molecule has 3 heterocycles. The zero-order valence-electron chi connectivity index (χ0n) is 33.0. The van der Waals surface area contributed by atoms with E-state index in [9.17, 15) is 0 Å². The topological polar surface area (TPSA) is 35.2 Å². The van der Waals surface area contributed by atoms with Gasteiger partial charge in [-0.3, -0.25) is 0 Å². The van der Waals surface area contributed by atoms with E-state index in [1.165, 1.54) is 22.3 Å². The second-order valence-electron chi connectivity index (χ2n) is 17.3. The van der Waals surface area contributed by atoms with Gasteiger partial charge in [0.1, 0.15) is 0 Å². The molecule has 0 radical (unpaired) electrons. The molecule has 0 fully saturated rings. The normalized spacial score (nSPS) is 17.1. The fraction of sp³-hybridized carbons (Fsp3) is 0.265. The second-order valence-corrected chi connectivity index (χ2v) is 18.3. The van der Waals surface area contributed by atoms with Gasteiger partial charge in [0.25, 0.3) is 0 Å². The van der Waals surface area contributed by atoms with Crippen LogP contribution in [0.5, 0.6) is 11.5 Å². The minimum absolute atomic E-state index is 0.00859. The SMILES string of the molecule is Cc1ccnc(N2c3[c-]c(Oc4[c-]c(-n5[c](=[Pt])n(-c6ccccc6)c6ccccc65)ccc4)ccc3C(C)(C)c3cc4c(cc32)C(C)(C)C(C)(C)C4(C)C)c1. The molecule has 6 heteroatoms. The number of pyridine rings is 1. The Labute approximate surface area is 335 Å². The summed E-state index contributed by atoms with van der Waals surface area (Å²) in [6, 6.07) is 45.9. The van der Waals surface area contributed by atoms with Crippen molar-refractivity contribution in [3.63, 3.8) is 0 Å². The predicted octanol–water partition coefficient (Wildman–Crippen LogP) is 12.3. The Morgan fingerprint density at radius 3 is 1.98 bits per heavy atom. The van der Waals surface area contributed by atoms with Crippen LogP contribution in [0.2, 0.25) is 0 Å². The van der Waals surface area contributed by atoms with Crippen molar-refractivity contribution in [2.24, 2.45) is 5.41 Å². The van der Waals surface area contributed by atoms with E-state index in [0.29, 0.717) is 11.5 Å². The third-order valence-electron chi connectivity index (χ3n) is 13.4. The van der Waals surface area contributed by atoms with E-state index in [1.54, 1.807) is 0 Å². The average molecular weight is 902 g/mol. The van der Waals surface area contributed by atoms with Gasteiger partial charge in [0, 0.05) is 6.20 Å². The number of ether oxygens (including phenoxy) is 1. The zero-order valence-corrected chi connectivity index (χ0v) is 35.3. The molecule has 0 N–H and O–H groups in total. The number of anilines is 3. The van der Waals surface area contributed by atoms with Gasteiger partial charge in [-0.2, -0.15) is 0 Å². The molecule has 0 unspecified atom stereocenters. The van der Waals surface area contributed by atoms with Crippen LogP contribution in [0, 0.1) is 28.3 Å². The zero-order chi connectivity index (χ0) is 38.7. The number of aromatic nitrogens is 3. The van der Waals surface area contributed by atoms with Crippen molar-refractivity contribution < 1.29 is 24.1 Å². The van der Waals surface area contributed by atoms with Crippen molar-refractivity contribution in [1.82, 2.24) is 14.1 Å². The van der Waals surface area contributed by atoms with Crippen LogP contribution in [-0.4, -0.2) is 14.1 Å². The van der Waals surface area contributed by atoms with E-state index in [0.717, 1.165) is 49.0 Å². The molecule has 0 bridgehead atoms. The predicted molar refractivity (Wildman–Crippen MR) is 219 cm³/mol. The van der Waals surface area contributed by atoms with E-state index >= 15 is 0 Å². The molecule has 0 spiro atoms. The third kappa shape index (κ3) is 5.15. The van der Waals surface area contributed by atoms with Crippen LogP contribution in [0.4, 0.5) is 17.2 Å². The number of para-hydroxylation sites is 3. The van der Waals surface area contributed by atoms with Gasteiger partial charge in [-0.25, -0.2) is 0 Å². The first-order valence-electron chi connectivity index (χ1n) is 19.1. The molecule has 1 aliphatic heterocycles. The number of benzene rings is 5. The molecule has 55 heavy (non-hydrogen) atoms. The number of imidazole rings is 1. The summed E-state index contributed by atoms with van der Waals surface area (Å²) in [4.78, 5) is 7.27. The maximum absolute atomic E-state index is 6.70. The first-order valence-corrected chi connectivity index (χ1v) is 20.2. The van der Waals surface area contributed by atoms with Gasteiger partial charge in [0.2, 0.25) is 0 Å². The summed E-state index contributed by atoms with van der Waals surface area (Å²) >= 11 is 2.42. The fourth-order valence-corrected chi connectivity index (χ4v) is 10.1. The van der Waals surface area contributed by atoms with Crippen molar-refractivity contribution in [3.8, 4) is 22.9 Å². The standard InChI is InChI=1S/C49H46N4O.Pt/c1-32-24-25-50-45(26-32)53-43-28-36(22-23-37(43)46(2,3)40-29-38-39(30-44(40)53)48(6,7)49(8,9)47(38,4)5)54-35-19-15-18-34(27-35)52-31-51(33-16-11-10-12-17-33)41-20-13-14-21-42(41)52;/h10-26,29-30H,1-9H3;/q-2;. The van der Waals surface area contributed by atoms with Crippen LogP contribution in [0.3, 0.4) is 0 Å². The molecule has 0 saturated carbocycles. The quantitative estimate of drug-likeness (QED) is 0.161. The Morgan fingerprint density at radius 1 is 0.618 bits per heavy atom. The van der Waals surface area contributed by atoms with Crippen molar-refractivity contribution in [2.45, 2.75) is 78.6 Å². The first kappa shape index (κ1) is 35.7. The maximum atomic E-state index is 6.70. The number of aryl methyl sites for hydroxylation is 1. The number of rotatable bonds is 5. The summed E-state index contributed by atoms with van der Waals surface area (Å²) in [6.07, 6.45) is 1.90. The molecule has 5 aromatic carbocycles. The van der Waals surface area contributed by atoms with Gasteiger partial charge in [0.15, 0.2) is 0 Å². The Morgan fingerprint density at radius 2 is 1.27 bits per heavy atom. The van der Waals surface area contributed by atoms with Crippen molar-refractivity contribution in [1.29, 1.82) is 0 Å². The van der Waals surface area contributed by atoms with Gasteiger partial charge in [-0.1, -0.05) is 47.6 Å². The Balaban J connectivity index is 1.17. The van der Waals surface area contributed by atoms with Crippen molar-refractivity contribution in [2.75, 3.05) is 4.90 Å². The number of fused-ring (bicyclic) bond motifs is 4. The number of hydrogen-bond donors (Lipinski definition) is 0. The minimum atomic E-state index is -0.297. The smallest absolute Gasteiger partial charge is 0.0582 e. The van der Waals surface area contributed by atoms with Crippen LogP contribution >= 0.6 is 0 Å². The molecule has 9 rings (SSSR count). The molecule has 0 amide bonds. The van der Waals surface area contributed by atoms with Crippen LogP contribution in [0.1, 0.15) is 83.2 Å². The molecule has 280 valence electrons. The fourth-order valence-electron chi connectivity index (χ4n) is 9.02. The molecular formula is C49H46N4OPt-2. The van der Waals surface area contributed by atoms with Crippen molar-refractivity contribution in [3.05, 3.63) is 159 Å². The van der Waals surface area contributed by atoms with E-state index in [4.69, 9.17) is 9.72 Å². The summed E-state index contributed by atoms with van der Waals surface area (Å²) in [5.74, 6) is 2.11. The summed E-state index contributed by atoms with van der Waals surface area (Å²) < 4.78 is 12.3. The molecule has 0 saturated heterocycles. The Hall–Kier alpha value is -4.99. The van der Waals surface area contributed by atoms with Crippen LogP contribution in [-0.2, 0) is 35.6 Å². The molecular weight excluding hydrogens is 856 g/mol. The molecule has 0 atom stereocenters. The minimum Gasteiger partial charge on any atom is -0.0582 e. The monoisotopic (exact) mass is 901 g/mol. The van der Waals surface area contributed by atoms with E-state index in [-0.39, 0.29) is 21.7 Å². The molecule has 2 aliphatic rings. The number of hydrogen-bond acceptors (Lipinski definition) is 3. The second kappa shape index (κ2) is 12.3. The van der Waals surface area contributed by atoms with E-state index in [2.05, 4.69) is 199 Å². The van der Waals surface area contributed by atoms with Crippen LogP contribution in [0.15, 0.2) is 115 Å². The summed E-state index contributed by atoms with van der Waals surface area (Å²) in [6.45, 7) is 21.3. The Bertz CT molecular complexity index is 2730. The van der Waals surface area contributed by atoms with Gasteiger partial charge in [0.05, 0.1) is 0 Å². The van der Waals surface area contributed by atoms with Gasteiger partial charge >= 0.3 is 238 Å². The number of nitrogens with zero attached hydrogens (tertiary/aromatic N) is 4. The molecule has 5 nitrogen and oxygen atoms in total. The average Bonchev–Trinajstić information content (AvgIpc) is 3.50. The first-order chi connectivity index (χ1) is 26.1. The van der Waals surface area contributed by atoms with Crippen LogP contribution < -0.4 is 9.64 Å². The molecule has 1 aliphatic carbocycles. The van der Waals surface area contributed by atoms with Gasteiger partial charge in [-0.15, -0.1) is 0 Å². The van der Waals surface area contributed by atoms with Crippen LogP contribution in [0.25, 0.3) is 22.4 Å². The third-order valence-corrected chi connectivity index (χ3v) is 14.4. The summed E-state index contributed by atoms with van der Waals surface area (Å²) in [5, 5.41) is 0. The molecule has 2 aromatic heterocycles. The summed E-state index contributed by atoms with van der Waals surface area (Å²) in [5.41, 5.74) is 12.5. The Kier molecular flexibility index (Phi) is 7.95. The van der Waals surface area contributed by atoms with E-state index < -0.39 is 0 Å². The van der Waals surface area contributed by atoms with Crippen molar-refractivity contribution >= 4 is 28.2 Å². The summed E-state index contributed by atoms with van der Waals surface area (Å²) in [7, 11) is 0. The molecule has 7 aromatic rings. The van der Waals surface area contributed by atoms with Gasteiger partial charge in [-0.05, 0) is 45.9 Å². The van der Waals surface area contributed by atoms with Gasteiger partial charge < -0.3 is 0 Å². The van der Waals surface area contributed by atoms with E-state index in [1.807, 2.05) is 24.4 Å².